The summed E-state index contributed by atoms with van der Waals surface area (Å²) < 4.78 is 2.09. The number of hydrogen-bond donors (Lipinski definition) is 1. The largest absolute Gasteiger partial charge is 0.353 e. The molecule has 130 valence electrons. The molecule has 1 heterocycles. The number of nitrogens with one attached hydrogen (secondary N) is 1. The number of aryl methyl sites for hydroxylation is 1. The van der Waals surface area contributed by atoms with Crippen LogP contribution >= 0.6 is 0 Å². The lowest BCUT2D eigenvalue weighted by atomic mass is 9.86. The summed E-state index contributed by atoms with van der Waals surface area (Å²) in [7, 11) is 0. The van der Waals surface area contributed by atoms with Crippen LogP contribution in [0.3, 0.4) is 0 Å². The zero-order valence-electron chi connectivity index (χ0n) is 15.5. The number of aromatic nitrogens is 2. The van der Waals surface area contributed by atoms with Crippen molar-refractivity contribution < 1.29 is 4.79 Å². The maximum atomic E-state index is 12.3. The van der Waals surface area contributed by atoms with Crippen molar-refractivity contribution in [2.45, 2.75) is 85.7 Å². The number of nitrogens with zero attached hydrogens (tertiary/aromatic N) is 2. The van der Waals surface area contributed by atoms with E-state index in [2.05, 4.69) is 49.7 Å². The Morgan fingerprint density at radius 2 is 2.00 bits per heavy atom. The number of hydrogen-bond acceptors (Lipinski definition) is 2. The fourth-order valence-corrected chi connectivity index (χ4v) is 3.67. The van der Waals surface area contributed by atoms with Crippen LogP contribution in [0.25, 0.3) is 0 Å². The van der Waals surface area contributed by atoms with Crippen molar-refractivity contribution in [1.82, 2.24) is 15.1 Å². The van der Waals surface area contributed by atoms with E-state index in [0.717, 1.165) is 25.1 Å². The monoisotopic (exact) mass is 319 g/mol. The maximum absolute atomic E-state index is 12.3. The van der Waals surface area contributed by atoms with E-state index in [1.165, 1.54) is 30.5 Å². The van der Waals surface area contributed by atoms with Crippen LogP contribution in [0.15, 0.2) is 0 Å². The van der Waals surface area contributed by atoms with E-state index in [0.29, 0.717) is 24.3 Å². The molecule has 1 aliphatic rings. The summed E-state index contributed by atoms with van der Waals surface area (Å²) in [4.78, 5) is 12.3. The van der Waals surface area contributed by atoms with Gasteiger partial charge in [-0.2, -0.15) is 5.10 Å². The minimum atomic E-state index is 0.194. The molecule has 0 saturated heterocycles. The van der Waals surface area contributed by atoms with Crippen LogP contribution in [0.4, 0.5) is 0 Å². The van der Waals surface area contributed by atoms with Crippen molar-refractivity contribution in [3.05, 3.63) is 17.0 Å². The van der Waals surface area contributed by atoms with Crippen LogP contribution in [0.2, 0.25) is 0 Å². The molecule has 1 aromatic heterocycles. The Bertz CT molecular complexity index is 533. The lowest BCUT2D eigenvalue weighted by Crippen LogP contribution is -2.41. The van der Waals surface area contributed by atoms with Gasteiger partial charge in [-0.25, -0.2) is 0 Å². The van der Waals surface area contributed by atoms with E-state index in [1.54, 1.807) is 0 Å². The number of carbonyl (C=O) groups excluding carboxylic acids is 1. The summed E-state index contributed by atoms with van der Waals surface area (Å²) >= 11 is 0. The van der Waals surface area contributed by atoms with Crippen LogP contribution in [0.1, 0.15) is 69.8 Å². The van der Waals surface area contributed by atoms with Gasteiger partial charge < -0.3 is 5.32 Å². The lowest BCUT2D eigenvalue weighted by Gasteiger charge is -2.29. The molecule has 1 N–H and O–H groups in total. The molecule has 0 aliphatic heterocycles. The van der Waals surface area contributed by atoms with Crippen molar-refractivity contribution in [2.75, 3.05) is 0 Å². The van der Waals surface area contributed by atoms with Gasteiger partial charge in [-0.05, 0) is 50.5 Å². The normalized spacial score (nSPS) is 21.7. The average Bonchev–Trinajstić information content (AvgIpc) is 2.73. The van der Waals surface area contributed by atoms with Crippen LogP contribution in [-0.2, 0) is 17.8 Å². The van der Waals surface area contributed by atoms with Crippen molar-refractivity contribution in [3.63, 3.8) is 0 Å². The molecule has 23 heavy (non-hydrogen) atoms. The summed E-state index contributed by atoms with van der Waals surface area (Å²) in [6, 6.07) is 0.377. The Balaban J connectivity index is 1.90. The first-order valence-corrected chi connectivity index (χ1v) is 9.20. The highest BCUT2D eigenvalue weighted by atomic mass is 16.1. The molecular formula is C19H33N3O. The quantitative estimate of drug-likeness (QED) is 0.867. The second kappa shape index (κ2) is 7.98. The minimum Gasteiger partial charge on any atom is -0.353 e. The highest BCUT2D eigenvalue weighted by molar-refractivity contribution is 5.76. The molecule has 2 rings (SSSR count). The van der Waals surface area contributed by atoms with E-state index in [4.69, 9.17) is 0 Å². The number of rotatable bonds is 6. The molecule has 4 heteroatoms. The van der Waals surface area contributed by atoms with E-state index < -0.39 is 0 Å². The predicted octanol–water partition coefficient (Wildman–Crippen LogP) is 3.78. The van der Waals surface area contributed by atoms with Gasteiger partial charge in [0, 0.05) is 24.7 Å². The average molecular weight is 319 g/mol. The zero-order chi connectivity index (χ0) is 17.0. The molecule has 0 spiro atoms. The molecular weight excluding hydrogens is 286 g/mol. The van der Waals surface area contributed by atoms with Crippen molar-refractivity contribution >= 4 is 5.91 Å². The Morgan fingerprint density at radius 1 is 1.30 bits per heavy atom. The fourth-order valence-electron chi connectivity index (χ4n) is 3.67. The lowest BCUT2D eigenvalue weighted by molar-refractivity contribution is -0.122. The molecule has 0 aromatic carbocycles. The van der Waals surface area contributed by atoms with Crippen LogP contribution in [-0.4, -0.2) is 21.7 Å². The van der Waals surface area contributed by atoms with Gasteiger partial charge in [0.2, 0.25) is 5.91 Å². The molecule has 1 aromatic rings. The second-order valence-corrected chi connectivity index (χ2v) is 7.66. The Hall–Kier alpha value is -1.32. The van der Waals surface area contributed by atoms with Crippen molar-refractivity contribution in [2.24, 2.45) is 11.8 Å². The van der Waals surface area contributed by atoms with E-state index >= 15 is 0 Å². The van der Waals surface area contributed by atoms with E-state index in [9.17, 15) is 4.79 Å². The molecule has 1 amide bonds. The maximum Gasteiger partial charge on any atom is 0.220 e. The van der Waals surface area contributed by atoms with E-state index in [-0.39, 0.29) is 5.91 Å². The third-order valence-corrected chi connectivity index (χ3v) is 5.13. The van der Waals surface area contributed by atoms with Crippen LogP contribution in [0.5, 0.6) is 0 Å². The summed E-state index contributed by atoms with van der Waals surface area (Å²) in [5.74, 6) is 1.39. The minimum absolute atomic E-state index is 0.194. The second-order valence-electron chi connectivity index (χ2n) is 7.66. The van der Waals surface area contributed by atoms with Gasteiger partial charge in [-0.3, -0.25) is 9.48 Å². The highest BCUT2D eigenvalue weighted by Crippen LogP contribution is 2.24. The topological polar surface area (TPSA) is 46.9 Å². The predicted molar refractivity (Wildman–Crippen MR) is 94.4 cm³/mol. The molecule has 4 nitrogen and oxygen atoms in total. The third-order valence-electron chi connectivity index (χ3n) is 5.13. The van der Waals surface area contributed by atoms with E-state index in [1.807, 2.05) is 0 Å². The molecule has 0 bridgehead atoms. The zero-order valence-corrected chi connectivity index (χ0v) is 15.5. The van der Waals surface area contributed by atoms with Crippen molar-refractivity contribution in [1.29, 1.82) is 0 Å². The molecule has 1 saturated carbocycles. The molecule has 2 unspecified atom stereocenters. The Morgan fingerprint density at radius 3 is 2.65 bits per heavy atom. The van der Waals surface area contributed by atoms with Crippen molar-refractivity contribution in [3.8, 4) is 0 Å². The SMILES string of the molecule is Cc1nn(CC(C)C)c(C)c1CCC(=O)NC1CCCCC1C. The first-order chi connectivity index (χ1) is 10.9. The van der Waals surface area contributed by atoms with Gasteiger partial charge in [-0.15, -0.1) is 0 Å². The Labute approximate surface area is 141 Å². The van der Waals surface area contributed by atoms with Crippen LogP contribution < -0.4 is 5.32 Å². The van der Waals surface area contributed by atoms with Gasteiger partial charge in [-0.1, -0.05) is 33.6 Å². The number of carbonyl (C=O) groups is 1. The summed E-state index contributed by atoms with van der Waals surface area (Å²) in [5, 5.41) is 7.89. The van der Waals surface area contributed by atoms with Crippen LogP contribution in [0, 0.1) is 25.7 Å². The van der Waals surface area contributed by atoms with Gasteiger partial charge >= 0.3 is 0 Å². The first kappa shape index (κ1) is 18.0. The highest BCUT2D eigenvalue weighted by Gasteiger charge is 2.23. The standard InChI is InChI=1S/C19H33N3O/c1-13(2)12-22-16(5)17(15(4)21-22)10-11-19(23)20-18-9-7-6-8-14(18)3/h13-14,18H,6-12H2,1-5H3,(H,20,23). The molecule has 0 radical (unpaired) electrons. The van der Waals surface area contributed by atoms with Gasteiger partial charge in [0.1, 0.15) is 0 Å². The fraction of sp³-hybridized carbons (Fsp3) is 0.789. The third kappa shape index (κ3) is 4.82. The summed E-state index contributed by atoms with van der Waals surface area (Å²) in [5.41, 5.74) is 3.54. The van der Waals surface area contributed by atoms with Gasteiger partial charge in [0.15, 0.2) is 0 Å². The molecule has 1 aliphatic carbocycles. The summed E-state index contributed by atoms with van der Waals surface area (Å²) in [6.45, 7) is 11.8. The number of amides is 1. The summed E-state index contributed by atoms with van der Waals surface area (Å²) in [6.07, 6.45) is 6.29. The first-order valence-electron chi connectivity index (χ1n) is 9.20. The van der Waals surface area contributed by atoms with Gasteiger partial charge in [0.05, 0.1) is 5.69 Å². The smallest absolute Gasteiger partial charge is 0.220 e. The Kier molecular flexibility index (Phi) is 6.25. The molecule has 1 fully saturated rings. The van der Waals surface area contributed by atoms with Gasteiger partial charge in [0.25, 0.3) is 0 Å². The molecule has 2 atom stereocenters.